The van der Waals surface area contributed by atoms with E-state index in [1.807, 2.05) is 36.4 Å². The van der Waals surface area contributed by atoms with Crippen molar-refractivity contribution in [2.75, 3.05) is 37.0 Å². The minimum absolute atomic E-state index is 0.158. The number of ketones is 2. The van der Waals surface area contributed by atoms with Crippen LogP contribution in [0.5, 0.6) is 0 Å². The summed E-state index contributed by atoms with van der Waals surface area (Å²) in [4.78, 5) is 91.6. The average Bonchev–Trinajstić information content (AvgIpc) is 4.16. The Bertz CT molecular complexity index is 2650. The second-order valence-corrected chi connectivity index (χ2v) is 18.1. The fourth-order valence-corrected chi connectivity index (χ4v) is 13.2. The molecule has 0 bridgehead atoms. The molecule has 6 heterocycles. The van der Waals surface area contributed by atoms with Gasteiger partial charge in [0.1, 0.15) is 11.1 Å². The number of rotatable bonds is 8. The molecule has 14 nitrogen and oxygen atoms in total. The van der Waals surface area contributed by atoms with E-state index < -0.39 is 44.6 Å². The summed E-state index contributed by atoms with van der Waals surface area (Å²) in [5.41, 5.74) is 1.18. The molecule has 64 heavy (non-hydrogen) atoms. The number of hydrogen-bond acceptors (Lipinski definition) is 10. The van der Waals surface area contributed by atoms with Crippen LogP contribution in [-0.2, 0) is 20.7 Å². The van der Waals surface area contributed by atoms with Gasteiger partial charge in [0.25, 0.3) is 23.2 Å². The number of amides is 2. The molecule has 6 aliphatic heterocycles. The van der Waals surface area contributed by atoms with Crippen LogP contribution < -0.4 is 9.80 Å². The highest BCUT2D eigenvalue weighted by atomic mass is 16.6. The second-order valence-electron chi connectivity index (χ2n) is 18.1. The summed E-state index contributed by atoms with van der Waals surface area (Å²) >= 11 is 0. The van der Waals surface area contributed by atoms with Crippen LogP contribution in [0.2, 0.25) is 0 Å². The van der Waals surface area contributed by atoms with E-state index in [-0.39, 0.29) is 46.8 Å². The van der Waals surface area contributed by atoms with Gasteiger partial charge in [-0.1, -0.05) is 84.9 Å². The van der Waals surface area contributed by atoms with Crippen molar-refractivity contribution in [3.63, 3.8) is 0 Å². The number of non-ortho nitro benzene ring substituents is 2. The normalized spacial score (nSPS) is 29.1. The molecule has 0 saturated carbocycles. The molecule has 11 rings (SSSR count). The monoisotopic (exact) mass is 856 g/mol. The maximum atomic E-state index is 15.3. The highest BCUT2D eigenvalue weighted by molar-refractivity contribution is 6.15. The van der Waals surface area contributed by atoms with Gasteiger partial charge in [-0.15, -0.1) is 0 Å². The van der Waals surface area contributed by atoms with E-state index in [0.717, 1.165) is 24.0 Å². The molecule has 0 aromatic heterocycles. The molecule has 4 fully saturated rings. The standard InChI is InChI=1S/C50H44N6O8/c1-51-37-23-21-33(55(61)62)27-35(37)49(47(51)59)43(45(57)31-11-5-3-6-12-31)41(39-15-9-25-53(39)49)29-17-19-30(20-18-29)42-40-16-10-26-54(40)50(44(42)46(58)32-13-7-4-8-14-32)36-28-34(56(63)64)22-24-38(36)52(2)48(50)60/h3-8,11-14,17-24,27-28,39-44H,9-10,15-16,25-26H2,1-2H3. The number of Topliss-reactive ketones (excluding diaryl/α,β-unsaturated/α-hetero) is 2. The topological polar surface area (TPSA) is 168 Å². The number of fused-ring (bicyclic) bond motifs is 8. The molecule has 0 N–H and O–H groups in total. The van der Waals surface area contributed by atoms with Gasteiger partial charge in [0.2, 0.25) is 0 Å². The molecule has 4 saturated heterocycles. The van der Waals surface area contributed by atoms with E-state index >= 15 is 19.2 Å². The molecule has 2 spiro atoms. The lowest BCUT2D eigenvalue weighted by Gasteiger charge is -2.37. The van der Waals surface area contributed by atoms with Gasteiger partial charge in [-0.05, 0) is 62.0 Å². The van der Waals surface area contributed by atoms with E-state index in [1.165, 1.54) is 34.1 Å². The van der Waals surface area contributed by atoms with Crippen molar-refractivity contribution in [1.82, 2.24) is 9.80 Å². The lowest BCUT2D eigenvalue weighted by atomic mass is 9.67. The van der Waals surface area contributed by atoms with Gasteiger partial charge < -0.3 is 9.80 Å². The van der Waals surface area contributed by atoms with Gasteiger partial charge in [-0.2, -0.15) is 0 Å². The molecular formula is C50H44N6O8. The Hall–Kier alpha value is -6.90. The molecule has 5 aromatic carbocycles. The summed E-state index contributed by atoms with van der Waals surface area (Å²) in [6.45, 7) is 1.04. The van der Waals surface area contributed by atoms with Crippen molar-refractivity contribution in [2.45, 2.75) is 60.7 Å². The number of benzene rings is 5. The molecule has 14 heteroatoms. The van der Waals surface area contributed by atoms with Gasteiger partial charge in [0.05, 0.1) is 21.7 Å². The third-order valence-electron chi connectivity index (χ3n) is 15.5. The number of carbonyl (C=O) groups excluding carboxylic acids is 4. The second kappa shape index (κ2) is 14.3. The first-order valence-electron chi connectivity index (χ1n) is 21.9. The first-order valence-corrected chi connectivity index (χ1v) is 21.9. The average molecular weight is 857 g/mol. The summed E-state index contributed by atoms with van der Waals surface area (Å²) < 4.78 is 0. The molecule has 322 valence electrons. The molecule has 0 radical (unpaired) electrons. The Balaban J connectivity index is 1.08. The Morgan fingerprint density at radius 3 is 1.30 bits per heavy atom. The molecule has 6 aliphatic rings. The zero-order valence-electron chi connectivity index (χ0n) is 35.2. The van der Waals surface area contributed by atoms with Gasteiger partial charge in [-0.3, -0.25) is 49.2 Å². The third-order valence-corrected chi connectivity index (χ3v) is 15.5. The summed E-state index contributed by atoms with van der Waals surface area (Å²) in [5.74, 6) is -3.94. The fraction of sp³-hybridized carbons (Fsp3) is 0.320. The zero-order valence-corrected chi connectivity index (χ0v) is 35.2. The highest BCUT2D eigenvalue weighted by Crippen LogP contribution is 2.65. The SMILES string of the molecule is CN1C(=O)C2(c3cc([N+](=O)[O-])ccc31)C(C(=O)c1ccccc1)C(c1ccc(C3C4CCCN4C4(C(=O)N(C)c5ccc([N+](=O)[O-])cc54)C3C(=O)c3ccccc3)cc1)C1CCCN12. The highest BCUT2D eigenvalue weighted by Gasteiger charge is 2.72. The maximum Gasteiger partial charge on any atom is 0.269 e. The number of carbonyl (C=O) groups is 4. The third kappa shape index (κ3) is 5.14. The van der Waals surface area contributed by atoms with E-state index in [1.54, 1.807) is 74.8 Å². The summed E-state index contributed by atoms with van der Waals surface area (Å²) in [6.07, 6.45) is 2.93. The summed E-state index contributed by atoms with van der Waals surface area (Å²) in [6, 6.07) is 34.2. The first-order chi connectivity index (χ1) is 30.9. The number of anilines is 2. The molecule has 0 aliphatic carbocycles. The lowest BCUT2D eigenvalue weighted by molar-refractivity contribution is -0.385. The van der Waals surface area contributed by atoms with Crippen molar-refractivity contribution < 1.29 is 29.0 Å². The molecular weight excluding hydrogens is 813 g/mol. The predicted octanol–water partition coefficient (Wildman–Crippen LogP) is 7.37. The van der Waals surface area contributed by atoms with Crippen molar-refractivity contribution in [1.29, 1.82) is 0 Å². The van der Waals surface area contributed by atoms with Crippen LogP contribution in [0.15, 0.2) is 121 Å². The van der Waals surface area contributed by atoms with E-state index in [2.05, 4.69) is 9.80 Å². The van der Waals surface area contributed by atoms with Crippen molar-refractivity contribution in [3.05, 3.63) is 175 Å². The van der Waals surface area contributed by atoms with Crippen molar-refractivity contribution in [2.24, 2.45) is 11.8 Å². The number of nitrogens with zero attached hydrogens (tertiary/aromatic N) is 6. The van der Waals surface area contributed by atoms with Crippen LogP contribution in [0, 0.1) is 32.1 Å². The smallest absolute Gasteiger partial charge is 0.269 e. The maximum absolute atomic E-state index is 15.3. The van der Waals surface area contributed by atoms with Crippen molar-refractivity contribution in [3.8, 4) is 0 Å². The van der Waals surface area contributed by atoms with Crippen molar-refractivity contribution >= 4 is 46.1 Å². The van der Waals surface area contributed by atoms with Crippen LogP contribution in [0.3, 0.4) is 0 Å². The number of hydrogen-bond donors (Lipinski definition) is 0. The largest absolute Gasteiger partial charge is 0.313 e. The lowest BCUT2D eigenvalue weighted by Crippen LogP contribution is -2.54. The number of nitro groups is 2. The van der Waals surface area contributed by atoms with Gasteiger partial charge in [0, 0.05) is 95.9 Å². The van der Waals surface area contributed by atoms with Crippen LogP contribution in [0.25, 0.3) is 0 Å². The zero-order chi connectivity index (χ0) is 44.4. The Labute approximate surface area is 368 Å². The Kier molecular flexibility index (Phi) is 8.92. The van der Waals surface area contributed by atoms with Crippen LogP contribution >= 0.6 is 0 Å². The minimum atomic E-state index is -1.51. The predicted molar refractivity (Wildman–Crippen MR) is 236 cm³/mol. The van der Waals surface area contributed by atoms with Crippen LogP contribution in [0.1, 0.15) is 80.5 Å². The Morgan fingerprint density at radius 1 is 0.562 bits per heavy atom. The van der Waals surface area contributed by atoms with Gasteiger partial charge in [0.15, 0.2) is 11.6 Å². The van der Waals surface area contributed by atoms with Crippen LogP contribution in [0.4, 0.5) is 22.7 Å². The minimum Gasteiger partial charge on any atom is -0.313 e. The van der Waals surface area contributed by atoms with E-state index in [0.29, 0.717) is 59.6 Å². The number of likely N-dealkylation sites (N-methyl/N-ethyl adjacent to an activating group) is 2. The summed E-state index contributed by atoms with van der Waals surface area (Å²) in [5, 5.41) is 24.5. The molecule has 2 amide bonds. The van der Waals surface area contributed by atoms with E-state index in [9.17, 15) is 20.2 Å². The summed E-state index contributed by atoms with van der Waals surface area (Å²) in [7, 11) is 3.33. The fourth-order valence-electron chi connectivity index (χ4n) is 13.2. The molecule has 5 aromatic rings. The first kappa shape index (κ1) is 39.9. The molecule has 8 atom stereocenters. The molecule has 8 unspecified atom stereocenters. The quantitative estimate of drug-likeness (QED) is 0.0874. The van der Waals surface area contributed by atoms with E-state index in [4.69, 9.17) is 0 Å². The van der Waals surface area contributed by atoms with Gasteiger partial charge >= 0.3 is 0 Å². The van der Waals surface area contributed by atoms with Gasteiger partial charge in [-0.25, -0.2) is 0 Å². The number of nitro benzene ring substituents is 2. The Morgan fingerprint density at radius 2 is 0.938 bits per heavy atom. The van der Waals surface area contributed by atoms with Crippen LogP contribution in [-0.4, -0.2) is 82.3 Å².